The van der Waals surface area contributed by atoms with Crippen molar-refractivity contribution in [1.29, 1.82) is 0 Å². The largest absolute Gasteiger partial charge is 0.396 e. The molecule has 0 amide bonds. The molecule has 1 saturated carbocycles. The van der Waals surface area contributed by atoms with Crippen LogP contribution in [0.25, 0.3) is 0 Å². The fourth-order valence-electron chi connectivity index (χ4n) is 2.99. The number of nitrogens with zero attached hydrogens (tertiary/aromatic N) is 4. The van der Waals surface area contributed by atoms with E-state index < -0.39 is 30.0 Å². The van der Waals surface area contributed by atoms with Crippen molar-refractivity contribution in [3.63, 3.8) is 0 Å². The summed E-state index contributed by atoms with van der Waals surface area (Å²) in [5.74, 6) is -0.302. The first-order valence-electron chi connectivity index (χ1n) is 8.34. The number of halogens is 2. The van der Waals surface area contributed by atoms with Crippen LogP contribution >= 0.6 is 11.6 Å². The Morgan fingerprint density at radius 2 is 2.04 bits per heavy atom. The van der Waals surface area contributed by atoms with Gasteiger partial charge in [0.05, 0.1) is 17.8 Å². The van der Waals surface area contributed by atoms with Crippen molar-refractivity contribution < 1.29 is 19.7 Å². The predicted octanol–water partition coefficient (Wildman–Crippen LogP) is 2.51. The lowest BCUT2D eigenvalue weighted by Gasteiger charge is -2.19. The first kappa shape index (κ1) is 19.6. The zero-order chi connectivity index (χ0) is 19.6. The molecule has 4 atom stereocenters. The van der Waals surface area contributed by atoms with Gasteiger partial charge in [-0.15, -0.1) is 5.11 Å². The van der Waals surface area contributed by atoms with Gasteiger partial charge in [0, 0.05) is 18.6 Å². The minimum absolute atomic E-state index is 0.0388. The van der Waals surface area contributed by atoms with Crippen LogP contribution in [0.15, 0.2) is 34.5 Å². The second-order valence-electron chi connectivity index (χ2n) is 6.35. The predicted molar refractivity (Wildman–Crippen MR) is 97.0 cm³/mol. The normalized spacial score (nSPS) is 25.3. The van der Waals surface area contributed by atoms with Crippen molar-refractivity contribution in [3.8, 4) is 0 Å². The van der Waals surface area contributed by atoms with Gasteiger partial charge in [0.25, 0.3) is 0 Å². The van der Waals surface area contributed by atoms with E-state index in [1.807, 2.05) is 0 Å². The van der Waals surface area contributed by atoms with Gasteiger partial charge in [-0.1, -0.05) is 17.7 Å². The van der Waals surface area contributed by atoms with Gasteiger partial charge in [-0.05, 0) is 25.5 Å². The first-order chi connectivity index (χ1) is 12.9. The summed E-state index contributed by atoms with van der Waals surface area (Å²) in [6.45, 7) is 1.40. The van der Waals surface area contributed by atoms with E-state index in [0.29, 0.717) is 12.2 Å². The molecule has 2 aromatic rings. The summed E-state index contributed by atoms with van der Waals surface area (Å²) in [7, 11) is 0. The maximum absolute atomic E-state index is 13.3. The highest BCUT2D eigenvalue weighted by Gasteiger charge is 2.41. The number of aliphatic hydroxyl groups excluding tert-OH is 3. The minimum Gasteiger partial charge on any atom is -0.396 e. The second kappa shape index (κ2) is 8.22. The maximum atomic E-state index is 13.3. The van der Waals surface area contributed by atoms with Gasteiger partial charge in [0.15, 0.2) is 16.7 Å². The van der Waals surface area contributed by atoms with Crippen molar-refractivity contribution in [2.45, 2.75) is 31.6 Å². The molecule has 1 aliphatic carbocycles. The molecule has 0 saturated heterocycles. The Kier molecular flexibility index (Phi) is 5.95. The molecule has 0 bridgehead atoms. The number of aliphatic hydroxyl groups is 3. The van der Waals surface area contributed by atoms with E-state index in [0.717, 1.165) is 0 Å². The SMILES string of the molecule is Cc1nc(Cl)c(/N=N/c2cccc(F)c2)c(N[C@@H]2C[C@H](CO)[C@@H](O)[C@H]2O)n1. The molecule has 1 heterocycles. The molecule has 1 fully saturated rings. The Labute approximate surface area is 159 Å². The van der Waals surface area contributed by atoms with Crippen LogP contribution in [0.2, 0.25) is 5.15 Å². The monoisotopic (exact) mass is 395 g/mol. The summed E-state index contributed by atoms with van der Waals surface area (Å²) in [5.41, 5.74) is 0.412. The number of hydrogen-bond donors (Lipinski definition) is 4. The summed E-state index contributed by atoms with van der Waals surface area (Å²) >= 11 is 6.17. The number of aromatic nitrogens is 2. The van der Waals surface area contributed by atoms with Crippen molar-refractivity contribution in [1.82, 2.24) is 9.97 Å². The van der Waals surface area contributed by atoms with E-state index in [-0.39, 0.29) is 29.0 Å². The van der Waals surface area contributed by atoms with Gasteiger partial charge in [-0.3, -0.25) is 0 Å². The number of anilines is 1. The highest BCUT2D eigenvalue weighted by Crippen LogP contribution is 2.35. The van der Waals surface area contributed by atoms with Crippen molar-refractivity contribution in [3.05, 3.63) is 41.1 Å². The van der Waals surface area contributed by atoms with Crippen LogP contribution in [0.1, 0.15) is 12.2 Å². The quantitative estimate of drug-likeness (QED) is 0.455. The Morgan fingerprint density at radius 1 is 1.26 bits per heavy atom. The summed E-state index contributed by atoms with van der Waals surface area (Å²) in [5, 5.41) is 40.5. The Bertz CT molecular complexity index is 853. The lowest BCUT2D eigenvalue weighted by Crippen LogP contribution is -2.35. The summed E-state index contributed by atoms with van der Waals surface area (Å²) < 4.78 is 13.3. The van der Waals surface area contributed by atoms with E-state index in [2.05, 4.69) is 25.5 Å². The number of aryl methyl sites for hydroxylation is 1. The minimum atomic E-state index is -1.09. The van der Waals surface area contributed by atoms with E-state index in [4.69, 9.17) is 11.6 Å². The molecular formula is C17H19ClFN5O3. The zero-order valence-electron chi connectivity index (χ0n) is 14.4. The average Bonchev–Trinajstić information content (AvgIpc) is 2.89. The second-order valence-corrected chi connectivity index (χ2v) is 6.71. The molecule has 1 aromatic heterocycles. The van der Waals surface area contributed by atoms with E-state index in [1.165, 1.54) is 18.2 Å². The van der Waals surface area contributed by atoms with Crippen LogP contribution in [0.4, 0.5) is 21.6 Å². The fourth-order valence-corrected chi connectivity index (χ4v) is 3.24. The lowest BCUT2D eigenvalue weighted by molar-refractivity contribution is 0.00446. The Morgan fingerprint density at radius 3 is 2.70 bits per heavy atom. The van der Waals surface area contributed by atoms with Crippen molar-refractivity contribution in [2.24, 2.45) is 16.1 Å². The molecule has 0 aliphatic heterocycles. The van der Waals surface area contributed by atoms with Gasteiger partial charge in [-0.2, -0.15) is 5.11 Å². The average molecular weight is 396 g/mol. The molecule has 3 rings (SSSR count). The molecule has 8 nitrogen and oxygen atoms in total. The van der Waals surface area contributed by atoms with Crippen LogP contribution in [-0.4, -0.2) is 50.1 Å². The topological polar surface area (TPSA) is 123 Å². The first-order valence-corrected chi connectivity index (χ1v) is 8.71. The van der Waals surface area contributed by atoms with Crippen LogP contribution in [0.5, 0.6) is 0 Å². The van der Waals surface area contributed by atoms with Crippen LogP contribution < -0.4 is 5.32 Å². The van der Waals surface area contributed by atoms with E-state index in [9.17, 15) is 19.7 Å². The van der Waals surface area contributed by atoms with Gasteiger partial charge in [0.1, 0.15) is 17.7 Å². The van der Waals surface area contributed by atoms with Gasteiger partial charge < -0.3 is 20.6 Å². The molecule has 144 valence electrons. The zero-order valence-corrected chi connectivity index (χ0v) is 15.2. The van der Waals surface area contributed by atoms with Gasteiger partial charge in [-0.25, -0.2) is 14.4 Å². The lowest BCUT2D eigenvalue weighted by atomic mass is 10.1. The van der Waals surface area contributed by atoms with E-state index >= 15 is 0 Å². The molecule has 1 aliphatic rings. The number of hydrogen-bond acceptors (Lipinski definition) is 8. The molecule has 0 spiro atoms. The third kappa shape index (κ3) is 4.38. The van der Waals surface area contributed by atoms with Crippen molar-refractivity contribution >= 4 is 28.8 Å². The van der Waals surface area contributed by atoms with Gasteiger partial charge >= 0.3 is 0 Å². The summed E-state index contributed by atoms with van der Waals surface area (Å²) in [4.78, 5) is 8.29. The Hall–Kier alpha value is -2.20. The highest BCUT2D eigenvalue weighted by atomic mass is 35.5. The highest BCUT2D eigenvalue weighted by molar-refractivity contribution is 6.32. The molecular weight excluding hydrogens is 377 g/mol. The Balaban J connectivity index is 1.89. The molecule has 27 heavy (non-hydrogen) atoms. The third-order valence-electron chi connectivity index (χ3n) is 4.39. The summed E-state index contributed by atoms with van der Waals surface area (Å²) in [6, 6.07) is 5.01. The van der Waals surface area contributed by atoms with Crippen LogP contribution in [0, 0.1) is 18.7 Å². The molecule has 10 heteroatoms. The van der Waals surface area contributed by atoms with E-state index in [1.54, 1.807) is 13.0 Å². The number of nitrogens with one attached hydrogen (secondary N) is 1. The van der Waals surface area contributed by atoms with Crippen LogP contribution in [-0.2, 0) is 0 Å². The molecule has 0 radical (unpaired) electrons. The molecule has 4 N–H and O–H groups in total. The standard InChI is InChI=1S/C17H19ClFN5O3/c1-8-20-16(18)13(24-23-11-4-2-3-10(19)6-11)17(21-8)22-12-5-9(7-25)14(26)15(12)27/h2-4,6,9,12,14-15,25-27H,5,7H2,1H3,(H,20,21,22)/b24-23+/t9-,12-,14-,15+/m1/s1. The molecule has 1 aromatic carbocycles. The fraction of sp³-hybridized carbons (Fsp3) is 0.412. The molecule has 0 unspecified atom stereocenters. The summed E-state index contributed by atoms with van der Waals surface area (Å²) in [6.07, 6.45) is -1.81. The smallest absolute Gasteiger partial charge is 0.165 e. The number of azo groups is 1. The van der Waals surface area contributed by atoms with Crippen LogP contribution in [0.3, 0.4) is 0 Å². The van der Waals surface area contributed by atoms with Crippen molar-refractivity contribution in [2.75, 3.05) is 11.9 Å². The third-order valence-corrected chi connectivity index (χ3v) is 4.65. The number of benzene rings is 1. The van der Waals surface area contributed by atoms with Gasteiger partial charge in [0.2, 0.25) is 0 Å². The maximum Gasteiger partial charge on any atom is 0.165 e. The number of rotatable bonds is 5.